The van der Waals surface area contributed by atoms with Crippen molar-refractivity contribution in [1.29, 1.82) is 0 Å². The summed E-state index contributed by atoms with van der Waals surface area (Å²) in [6.45, 7) is 2.66. The predicted octanol–water partition coefficient (Wildman–Crippen LogP) is 5.88. The molecule has 0 saturated carbocycles. The van der Waals surface area contributed by atoms with Crippen LogP contribution < -0.4 is 4.74 Å². The van der Waals surface area contributed by atoms with Crippen LogP contribution in [0.15, 0.2) is 78.9 Å². The van der Waals surface area contributed by atoms with E-state index in [1.54, 1.807) is 0 Å². The van der Waals surface area contributed by atoms with Gasteiger partial charge in [0.25, 0.3) is 0 Å². The van der Waals surface area contributed by atoms with Crippen molar-refractivity contribution in [3.63, 3.8) is 0 Å². The summed E-state index contributed by atoms with van der Waals surface area (Å²) >= 11 is 0. The topological polar surface area (TPSA) is 9.23 Å². The van der Waals surface area contributed by atoms with Crippen molar-refractivity contribution >= 4 is 21.5 Å². The average Bonchev–Trinajstić information content (AvgIpc) is 2.60. The molecule has 0 bridgehead atoms. The number of rotatable bonds is 3. The van der Waals surface area contributed by atoms with Crippen molar-refractivity contribution in [3.05, 3.63) is 90.0 Å². The van der Waals surface area contributed by atoms with Gasteiger partial charge in [0.1, 0.15) is 12.4 Å². The molecule has 112 valence electrons. The highest BCUT2D eigenvalue weighted by Crippen LogP contribution is 2.29. The first-order chi connectivity index (χ1) is 11.3. The first-order valence-corrected chi connectivity index (χ1v) is 7.90. The summed E-state index contributed by atoms with van der Waals surface area (Å²) in [7, 11) is 0. The molecule has 0 radical (unpaired) electrons. The standard InChI is InChI=1S/C22H18O/c1-16-10-12-19(13-11-16)23-15-22-20-8-4-2-6-17(20)14-18-7-3-5-9-21(18)22/h2-14H,15H2,1H3. The van der Waals surface area contributed by atoms with Gasteiger partial charge in [0.05, 0.1) is 0 Å². The van der Waals surface area contributed by atoms with Gasteiger partial charge in [0.2, 0.25) is 0 Å². The maximum atomic E-state index is 6.06. The number of benzene rings is 4. The molecule has 0 fully saturated rings. The molecule has 0 saturated heterocycles. The molecule has 0 aliphatic rings. The lowest BCUT2D eigenvalue weighted by Gasteiger charge is -2.13. The molecule has 1 nitrogen and oxygen atoms in total. The number of aryl methyl sites for hydroxylation is 1. The SMILES string of the molecule is Cc1ccc(OCc2c3ccccc3cc3ccccc23)cc1. The normalized spacial score (nSPS) is 11.0. The Bertz CT molecular complexity index is 914. The molecular formula is C22H18O. The summed E-state index contributed by atoms with van der Waals surface area (Å²) in [6.07, 6.45) is 0. The van der Waals surface area contributed by atoms with E-state index in [-0.39, 0.29) is 0 Å². The molecule has 1 heteroatoms. The molecule has 23 heavy (non-hydrogen) atoms. The largest absolute Gasteiger partial charge is 0.489 e. The van der Waals surface area contributed by atoms with Gasteiger partial charge in [-0.1, -0.05) is 66.2 Å². The Hall–Kier alpha value is -2.80. The van der Waals surface area contributed by atoms with Gasteiger partial charge in [-0.25, -0.2) is 0 Å². The van der Waals surface area contributed by atoms with E-state index in [4.69, 9.17) is 4.74 Å². The summed E-state index contributed by atoms with van der Waals surface area (Å²) in [4.78, 5) is 0. The number of hydrogen-bond acceptors (Lipinski definition) is 1. The average molecular weight is 298 g/mol. The van der Waals surface area contributed by atoms with Crippen LogP contribution in [-0.2, 0) is 6.61 Å². The maximum Gasteiger partial charge on any atom is 0.119 e. The van der Waals surface area contributed by atoms with E-state index in [1.165, 1.54) is 32.7 Å². The van der Waals surface area contributed by atoms with Gasteiger partial charge in [0.15, 0.2) is 0 Å². The first kappa shape index (κ1) is 13.8. The Kier molecular flexibility index (Phi) is 3.47. The molecule has 4 rings (SSSR count). The Morgan fingerprint density at radius 2 is 1.26 bits per heavy atom. The number of ether oxygens (including phenoxy) is 1. The van der Waals surface area contributed by atoms with Crippen LogP contribution in [0.3, 0.4) is 0 Å². The number of hydrogen-bond donors (Lipinski definition) is 0. The van der Waals surface area contributed by atoms with Crippen molar-refractivity contribution in [2.24, 2.45) is 0 Å². The third-order valence-electron chi connectivity index (χ3n) is 4.29. The Morgan fingerprint density at radius 1 is 0.696 bits per heavy atom. The van der Waals surface area contributed by atoms with E-state index in [9.17, 15) is 0 Å². The van der Waals surface area contributed by atoms with Gasteiger partial charge in [-0.15, -0.1) is 0 Å². The van der Waals surface area contributed by atoms with E-state index in [2.05, 4.69) is 73.7 Å². The van der Waals surface area contributed by atoms with Crippen LogP contribution in [0.4, 0.5) is 0 Å². The molecule has 0 unspecified atom stereocenters. The zero-order valence-corrected chi connectivity index (χ0v) is 13.1. The van der Waals surface area contributed by atoms with Crippen molar-refractivity contribution in [2.75, 3.05) is 0 Å². The predicted molar refractivity (Wildman–Crippen MR) is 97.0 cm³/mol. The molecule has 4 aromatic rings. The molecule has 0 heterocycles. The Balaban J connectivity index is 1.81. The van der Waals surface area contributed by atoms with E-state index >= 15 is 0 Å². The van der Waals surface area contributed by atoms with Crippen molar-refractivity contribution < 1.29 is 4.74 Å². The van der Waals surface area contributed by atoms with Gasteiger partial charge in [-0.05, 0) is 46.7 Å². The third-order valence-corrected chi connectivity index (χ3v) is 4.29. The number of fused-ring (bicyclic) bond motifs is 2. The van der Waals surface area contributed by atoms with Gasteiger partial charge in [0, 0.05) is 5.56 Å². The second-order valence-electron chi connectivity index (χ2n) is 5.90. The zero-order valence-electron chi connectivity index (χ0n) is 13.1. The summed E-state index contributed by atoms with van der Waals surface area (Å²) in [5.74, 6) is 0.910. The van der Waals surface area contributed by atoms with Crippen LogP contribution in [0.1, 0.15) is 11.1 Å². The fourth-order valence-corrected chi connectivity index (χ4v) is 3.05. The molecule has 0 N–H and O–H groups in total. The van der Waals surface area contributed by atoms with E-state index in [0.717, 1.165) is 5.75 Å². The first-order valence-electron chi connectivity index (χ1n) is 7.90. The smallest absolute Gasteiger partial charge is 0.119 e. The van der Waals surface area contributed by atoms with E-state index in [0.29, 0.717) is 6.61 Å². The van der Waals surface area contributed by atoms with Crippen molar-refractivity contribution in [3.8, 4) is 5.75 Å². The highest BCUT2D eigenvalue weighted by atomic mass is 16.5. The van der Waals surface area contributed by atoms with Crippen LogP contribution in [-0.4, -0.2) is 0 Å². The van der Waals surface area contributed by atoms with Crippen LogP contribution in [0.5, 0.6) is 5.75 Å². The summed E-state index contributed by atoms with van der Waals surface area (Å²) in [5, 5.41) is 5.04. The van der Waals surface area contributed by atoms with Crippen LogP contribution >= 0.6 is 0 Å². The third kappa shape index (κ3) is 2.66. The molecule has 0 aliphatic heterocycles. The minimum Gasteiger partial charge on any atom is -0.489 e. The maximum absolute atomic E-state index is 6.06. The lowest BCUT2D eigenvalue weighted by molar-refractivity contribution is 0.309. The minimum absolute atomic E-state index is 0.574. The van der Waals surface area contributed by atoms with Crippen LogP contribution in [0.2, 0.25) is 0 Å². The minimum atomic E-state index is 0.574. The van der Waals surface area contributed by atoms with E-state index in [1.807, 2.05) is 12.1 Å². The molecule has 0 aromatic heterocycles. The summed E-state index contributed by atoms with van der Waals surface area (Å²) in [5.41, 5.74) is 2.49. The van der Waals surface area contributed by atoms with Crippen molar-refractivity contribution in [1.82, 2.24) is 0 Å². The lowest BCUT2D eigenvalue weighted by Crippen LogP contribution is -1.98. The summed E-state index contributed by atoms with van der Waals surface area (Å²) in [6, 6.07) is 27.5. The highest BCUT2D eigenvalue weighted by Gasteiger charge is 2.08. The zero-order chi connectivity index (χ0) is 15.6. The van der Waals surface area contributed by atoms with Gasteiger partial charge >= 0.3 is 0 Å². The summed E-state index contributed by atoms with van der Waals surface area (Å²) < 4.78 is 6.06. The highest BCUT2D eigenvalue weighted by molar-refractivity contribution is 6.02. The lowest BCUT2D eigenvalue weighted by atomic mass is 9.97. The van der Waals surface area contributed by atoms with Gasteiger partial charge in [-0.2, -0.15) is 0 Å². The van der Waals surface area contributed by atoms with Gasteiger partial charge in [-0.3, -0.25) is 0 Å². The van der Waals surface area contributed by atoms with Crippen LogP contribution in [0, 0.1) is 6.92 Å². The molecule has 0 spiro atoms. The van der Waals surface area contributed by atoms with Crippen molar-refractivity contribution in [2.45, 2.75) is 13.5 Å². The molecule has 0 aliphatic carbocycles. The fraction of sp³-hybridized carbons (Fsp3) is 0.0909. The second-order valence-corrected chi connectivity index (χ2v) is 5.90. The quantitative estimate of drug-likeness (QED) is 0.429. The Labute approximate surface area is 136 Å². The molecule has 4 aromatic carbocycles. The van der Waals surface area contributed by atoms with Gasteiger partial charge < -0.3 is 4.74 Å². The van der Waals surface area contributed by atoms with Crippen LogP contribution in [0.25, 0.3) is 21.5 Å². The molecular weight excluding hydrogens is 280 g/mol. The molecule has 0 atom stereocenters. The monoisotopic (exact) mass is 298 g/mol. The second kappa shape index (κ2) is 5.77. The molecule has 0 amide bonds. The Morgan fingerprint density at radius 3 is 1.87 bits per heavy atom. The van der Waals surface area contributed by atoms with E-state index < -0.39 is 0 Å². The fourth-order valence-electron chi connectivity index (χ4n) is 3.05.